The van der Waals surface area contributed by atoms with Crippen LogP contribution in [0.15, 0.2) is 24.3 Å². The molecule has 4 heteroatoms. The molecule has 0 bridgehead atoms. The predicted molar refractivity (Wildman–Crippen MR) is 87.6 cm³/mol. The highest BCUT2D eigenvalue weighted by molar-refractivity contribution is 8.00. The summed E-state index contributed by atoms with van der Waals surface area (Å²) in [7, 11) is 0. The van der Waals surface area contributed by atoms with E-state index in [9.17, 15) is 4.79 Å². The summed E-state index contributed by atoms with van der Waals surface area (Å²) in [5.41, 5.74) is 1.72. The van der Waals surface area contributed by atoms with Crippen molar-refractivity contribution in [1.29, 1.82) is 0 Å². The molecule has 3 nitrogen and oxygen atoms in total. The second kappa shape index (κ2) is 6.08. The summed E-state index contributed by atoms with van der Waals surface area (Å²) in [4.78, 5) is 14.7. The molecule has 2 rings (SSSR count). The number of hydrogen-bond acceptors (Lipinski definition) is 3. The smallest absolute Gasteiger partial charge is 0.256 e. The number of amides is 1. The number of carbonyl (C=O) groups excluding carboxylic acids is 1. The highest BCUT2D eigenvalue weighted by Crippen LogP contribution is 2.31. The molecule has 0 aromatic heterocycles. The van der Waals surface area contributed by atoms with Crippen molar-refractivity contribution < 1.29 is 4.79 Å². The van der Waals surface area contributed by atoms with Gasteiger partial charge in [0.15, 0.2) is 0 Å². The molecule has 1 saturated heterocycles. The third kappa shape index (κ3) is 3.69. The maximum Gasteiger partial charge on any atom is 0.256 e. The van der Waals surface area contributed by atoms with Crippen molar-refractivity contribution in [2.24, 2.45) is 0 Å². The maximum absolute atomic E-state index is 12.8. The van der Waals surface area contributed by atoms with E-state index in [2.05, 4.69) is 33.0 Å². The van der Waals surface area contributed by atoms with Crippen LogP contribution in [0.25, 0.3) is 0 Å². The number of nitrogens with one attached hydrogen (secondary N) is 1. The van der Waals surface area contributed by atoms with Crippen LogP contribution in [0.4, 0.5) is 5.69 Å². The Hall–Kier alpha value is -1.16. The van der Waals surface area contributed by atoms with Crippen LogP contribution in [0.2, 0.25) is 0 Å². The second-order valence-electron chi connectivity index (χ2n) is 6.18. The van der Waals surface area contributed by atoms with Gasteiger partial charge in [-0.1, -0.05) is 12.1 Å². The molecular formula is C16H24N2OS. The number of anilines is 1. The summed E-state index contributed by atoms with van der Waals surface area (Å²) in [5, 5.41) is 3.36. The van der Waals surface area contributed by atoms with Gasteiger partial charge in [-0.25, -0.2) is 0 Å². The topological polar surface area (TPSA) is 32.3 Å². The van der Waals surface area contributed by atoms with Crippen molar-refractivity contribution in [2.75, 3.05) is 24.2 Å². The SMILES string of the molecule is CC(C)Nc1ccccc1C(=O)N1CCSC(C)(C)C1. The van der Waals surface area contributed by atoms with E-state index in [-0.39, 0.29) is 10.7 Å². The predicted octanol–water partition coefficient (Wildman–Crippen LogP) is 3.47. The monoisotopic (exact) mass is 292 g/mol. The summed E-state index contributed by atoms with van der Waals surface area (Å²) in [6.45, 7) is 10.2. The average Bonchev–Trinajstić information content (AvgIpc) is 2.36. The molecule has 1 fully saturated rings. The quantitative estimate of drug-likeness (QED) is 0.926. The normalized spacial score (nSPS) is 18.1. The molecule has 0 radical (unpaired) electrons. The van der Waals surface area contributed by atoms with Crippen LogP contribution in [0.5, 0.6) is 0 Å². The zero-order valence-electron chi connectivity index (χ0n) is 12.8. The molecule has 1 aromatic carbocycles. The van der Waals surface area contributed by atoms with Crippen molar-refractivity contribution in [2.45, 2.75) is 38.5 Å². The molecule has 0 spiro atoms. The molecule has 110 valence electrons. The first kappa shape index (κ1) is 15.2. The summed E-state index contributed by atoms with van der Waals surface area (Å²) in [6.07, 6.45) is 0. The minimum atomic E-state index is 0.141. The molecule has 1 aromatic rings. The van der Waals surface area contributed by atoms with Crippen LogP contribution < -0.4 is 5.32 Å². The third-order valence-electron chi connectivity index (χ3n) is 3.31. The molecule has 1 aliphatic rings. The summed E-state index contributed by atoms with van der Waals surface area (Å²) >= 11 is 1.94. The molecule has 0 aliphatic carbocycles. The van der Waals surface area contributed by atoms with Crippen LogP contribution in [0, 0.1) is 0 Å². The fourth-order valence-corrected chi connectivity index (χ4v) is 3.58. The lowest BCUT2D eigenvalue weighted by atomic mass is 10.1. The van der Waals surface area contributed by atoms with E-state index in [0.717, 1.165) is 30.1 Å². The molecule has 20 heavy (non-hydrogen) atoms. The second-order valence-corrected chi connectivity index (χ2v) is 7.98. The standard InChI is InChI=1S/C16H24N2OS/c1-12(2)17-14-8-6-5-7-13(14)15(19)18-9-10-20-16(3,4)11-18/h5-8,12,17H,9-11H2,1-4H3. The van der Waals surface area contributed by atoms with E-state index >= 15 is 0 Å². The van der Waals surface area contributed by atoms with Crippen molar-refractivity contribution in [3.63, 3.8) is 0 Å². The van der Waals surface area contributed by atoms with Crippen molar-refractivity contribution in [3.8, 4) is 0 Å². The van der Waals surface area contributed by atoms with E-state index < -0.39 is 0 Å². The highest BCUT2D eigenvalue weighted by Gasteiger charge is 2.30. The minimum Gasteiger partial charge on any atom is -0.382 e. The van der Waals surface area contributed by atoms with Gasteiger partial charge >= 0.3 is 0 Å². The van der Waals surface area contributed by atoms with Crippen LogP contribution in [-0.2, 0) is 0 Å². The summed E-state index contributed by atoms with van der Waals surface area (Å²) in [6, 6.07) is 8.12. The zero-order valence-corrected chi connectivity index (χ0v) is 13.6. The number of nitrogens with zero attached hydrogens (tertiary/aromatic N) is 1. The Morgan fingerprint density at radius 3 is 2.70 bits per heavy atom. The first-order chi connectivity index (χ1) is 9.39. The highest BCUT2D eigenvalue weighted by atomic mass is 32.2. The van der Waals surface area contributed by atoms with Crippen LogP contribution in [0.1, 0.15) is 38.1 Å². The van der Waals surface area contributed by atoms with Gasteiger partial charge in [0, 0.05) is 35.3 Å². The lowest BCUT2D eigenvalue weighted by Crippen LogP contribution is -2.46. The zero-order chi connectivity index (χ0) is 14.8. The van der Waals surface area contributed by atoms with E-state index in [1.807, 2.05) is 40.9 Å². The number of thioether (sulfide) groups is 1. The van der Waals surface area contributed by atoms with Gasteiger partial charge < -0.3 is 10.2 Å². The van der Waals surface area contributed by atoms with E-state index in [1.165, 1.54) is 0 Å². The first-order valence-electron chi connectivity index (χ1n) is 7.18. The number of carbonyl (C=O) groups is 1. The van der Waals surface area contributed by atoms with Gasteiger partial charge in [-0.3, -0.25) is 4.79 Å². The summed E-state index contributed by atoms with van der Waals surface area (Å²) < 4.78 is 0.147. The molecule has 0 unspecified atom stereocenters. The fraction of sp³-hybridized carbons (Fsp3) is 0.562. The molecule has 1 N–H and O–H groups in total. The van der Waals surface area contributed by atoms with Crippen molar-refractivity contribution in [3.05, 3.63) is 29.8 Å². The fourth-order valence-electron chi connectivity index (χ4n) is 2.47. The van der Waals surface area contributed by atoms with Gasteiger partial charge in [-0.05, 0) is 39.8 Å². The van der Waals surface area contributed by atoms with Gasteiger partial charge in [-0.2, -0.15) is 11.8 Å². The summed E-state index contributed by atoms with van der Waals surface area (Å²) in [5.74, 6) is 1.15. The Kier molecular flexibility index (Phi) is 4.63. The Labute approximate surface area is 126 Å². The molecule has 1 amide bonds. The Balaban J connectivity index is 2.20. The number of rotatable bonds is 3. The van der Waals surface area contributed by atoms with Gasteiger partial charge in [0.25, 0.3) is 5.91 Å². The Morgan fingerprint density at radius 1 is 1.35 bits per heavy atom. The minimum absolute atomic E-state index is 0.141. The third-order valence-corrected chi connectivity index (χ3v) is 4.61. The Morgan fingerprint density at radius 2 is 2.05 bits per heavy atom. The number of para-hydroxylation sites is 1. The van der Waals surface area contributed by atoms with Gasteiger partial charge in [-0.15, -0.1) is 0 Å². The molecule has 0 saturated carbocycles. The van der Waals surface area contributed by atoms with Gasteiger partial charge in [0.05, 0.1) is 5.56 Å². The largest absolute Gasteiger partial charge is 0.382 e. The van der Waals surface area contributed by atoms with Crippen molar-refractivity contribution in [1.82, 2.24) is 4.90 Å². The number of benzene rings is 1. The van der Waals surface area contributed by atoms with E-state index in [0.29, 0.717) is 6.04 Å². The Bertz CT molecular complexity index is 485. The van der Waals surface area contributed by atoms with Crippen LogP contribution in [0.3, 0.4) is 0 Å². The van der Waals surface area contributed by atoms with Gasteiger partial charge in [0.1, 0.15) is 0 Å². The van der Waals surface area contributed by atoms with Crippen LogP contribution >= 0.6 is 11.8 Å². The van der Waals surface area contributed by atoms with Crippen molar-refractivity contribution >= 4 is 23.4 Å². The van der Waals surface area contributed by atoms with E-state index in [4.69, 9.17) is 0 Å². The average molecular weight is 292 g/mol. The molecular weight excluding hydrogens is 268 g/mol. The molecule has 1 heterocycles. The maximum atomic E-state index is 12.8. The molecule has 1 aliphatic heterocycles. The number of hydrogen-bond donors (Lipinski definition) is 1. The lowest BCUT2D eigenvalue weighted by Gasteiger charge is -2.37. The van der Waals surface area contributed by atoms with Crippen LogP contribution in [-0.4, -0.2) is 40.4 Å². The van der Waals surface area contributed by atoms with Gasteiger partial charge in [0.2, 0.25) is 0 Å². The molecule has 0 atom stereocenters. The van der Waals surface area contributed by atoms with E-state index in [1.54, 1.807) is 0 Å². The lowest BCUT2D eigenvalue weighted by molar-refractivity contribution is 0.0749. The first-order valence-corrected chi connectivity index (χ1v) is 8.16.